The lowest BCUT2D eigenvalue weighted by Crippen LogP contribution is -2.43. The maximum absolute atomic E-state index is 13.2. The van der Waals surface area contributed by atoms with Crippen molar-refractivity contribution in [1.29, 1.82) is 0 Å². The van der Waals surface area contributed by atoms with Crippen LogP contribution in [-0.2, 0) is 4.79 Å². The molecular weight excluding hydrogens is 392 g/mol. The van der Waals surface area contributed by atoms with Gasteiger partial charge in [-0.3, -0.25) is 14.0 Å². The number of benzene rings is 1. The Labute approximate surface area is 182 Å². The van der Waals surface area contributed by atoms with Crippen LogP contribution in [-0.4, -0.2) is 34.4 Å². The molecule has 162 valence electrons. The largest absolute Gasteiger partial charge is 0.490 e. The molecule has 3 heterocycles. The van der Waals surface area contributed by atoms with Crippen LogP contribution in [0.4, 0.5) is 11.4 Å². The molecule has 7 heteroatoms. The van der Waals surface area contributed by atoms with Crippen LogP contribution in [0.25, 0.3) is 5.65 Å². The number of hydrogen-bond donors (Lipinski definition) is 1. The number of nitrogens with one attached hydrogen (secondary N) is 1. The Morgan fingerprint density at radius 1 is 1.26 bits per heavy atom. The summed E-state index contributed by atoms with van der Waals surface area (Å²) < 4.78 is 7.74. The molecule has 0 fully saturated rings. The van der Waals surface area contributed by atoms with Gasteiger partial charge in [0.15, 0.2) is 0 Å². The Kier molecular flexibility index (Phi) is 5.21. The van der Waals surface area contributed by atoms with E-state index < -0.39 is 5.41 Å². The fourth-order valence-corrected chi connectivity index (χ4v) is 3.85. The van der Waals surface area contributed by atoms with Crippen molar-refractivity contribution in [2.24, 2.45) is 11.3 Å². The fraction of sp³-hybridized carbons (Fsp3) is 0.375. The van der Waals surface area contributed by atoms with E-state index in [0.29, 0.717) is 41.7 Å². The number of carbonyl (C=O) groups is 2. The standard InChI is InChI=1S/C24H28N4O3/c1-15(2)13-28-18-12-17(9-10-19(18)31-14-24(4,5)23(28)30)26-22(29)21-16(3)25-20-8-6-7-11-27(20)21/h6-12,15H,13-14H2,1-5H3,(H,26,29). The summed E-state index contributed by atoms with van der Waals surface area (Å²) in [5.74, 6) is 0.683. The van der Waals surface area contributed by atoms with E-state index in [1.807, 2.05) is 57.3 Å². The first-order chi connectivity index (χ1) is 14.7. The van der Waals surface area contributed by atoms with E-state index >= 15 is 0 Å². The molecule has 0 radical (unpaired) electrons. The molecule has 0 saturated carbocycles. The summed E-state index contributed by atoms with van der Waals surface area (Å²) in [7, 11) is 0. The first-order valence-electron chi connectivity index (χ1n) is 10.5. The second-order valence-electron chi connectivity index (χ2n) is 9.09. The number of fused-ring (bicyclic) bond motifs is 2. The van der Waals surface area contributed by atoms with Crippen molar-refractivity contribution in [3.63, 3.8) is 0 Å². The van der Waals surface area contributed by atoms with Gasteiger partial charge < -0.3 is 15.0 Å². The number of nitrogens with zero attached hydrogens (tertiary/aromatic N) is 3. The third-order valence-corrected chi connectivity index (χ3v) is 5.39. The molecule has 0 saturated heterocycles. The third kappa shape index (κ3) is 3.87. The van der Waals surface area contributed by atoms with Gasteiger partial charge in [0.2, 0.25) is 5.91 Å². The third-order valence-electron chi connectivity index (χ3n) is 5.39. The van der Waals surface area contributed by atoms with Gasteiger partial charge in [-0.1, -0.05) is 19.9 Å². The summed E-state index contributed by atoms with van der Waals surface area (Å²) >= 11 is 0. The molecule has 1 aliphatic heterocycles. The number of amides is 2. The van der Waals surface area contributed by atoms with Gasteiger partial charge in [0.25, 0.3) is 5.91 Å². The van der Waals surface area contributed by atoms with E-state index in [4.69, 9.17) is 4.74 Å². The molecule has 1 aliphatic rings. The predicted octanol–water partition coefficient (Wildman–Crippen LogP) is 4.30. The number of hydrogen-bond acceptors (Lipinski definition) is 4. The van der Waals surface area contributed by atoms with Crippen LogP contribution in [0.15, 0.2) is 42.6 Å². The zero-order valence-electron chi connectivity index (χ0n) is 18.6. The maximum Gasteiger partial charge on any atom is 0.274 e. The van der Waals surface area contributed by atoms with Crippen LogP contribution >= 0.6 is 0 Å². The smallest absolute Gasteiger partial charge is 0.274 e. The van der Waals surface area contributed by atoms with Crippen molar-refractivity contribution in [3.8, 4) is 5.75 Å². The topological polar surface area (TPSA) is 75.9 Å². The summed E-state index contributed by atoms with van der Waals surface area (Å²) in [6, 6.07) is 11.0. The van der Waals surface area contributed by atoms with Gasteiger partial charge in [-0.2, -0.15) is 0 Å². The Bertz CT molecular complexity index is 1160. The van der Waals surface area contributed by atoms with Gasteiger partial charge in [-0.05, 0) is 57.0 Å². The normalized spacial score (nSPS) is 15.5. The number of anilines is 2. The van der Waals surface area contributed by atoms with Crippen LogP contribution in [0, 0.1) is 18.3 Å². The highest BCUT2D eigenvalue weighted by Gasteiger charge is 2.38. The average Bonchev–Trinajstić information content (AvgIpc) is 3.02. The predicted molar refractivity (Wildman–Crippen MR) is 121 cm³/mol. The molecule has 0 atom stereocenters. The van der Waals surface area contributed by atoms with E-state index in [2.05, 4.69) is 24.1 Å². The Morgan fingerprint density at radius 3 is 2.77 bits per heavy atom. The molecule has 31 heavy (non-hydrogen) atoms. The summed E-state index contributed by atoms with van der Waals surface area (Å²) in [4.78, 5) is 32.6. The highest BCUT2D eigenvalue weighted by atomic mass is 16.5. The van der Waals surface area contributed by atoms with Crippen LogP contribution in [0.5, 0.6) is 5.75 Å². The lowest BCUT2D eigenvalue weighted by molar-refractivity contribution is -0.127. The molecule has 0 spiro atoms. The molecular formula is C24H28N4O3. The lowest BCUT2D eigenvalue weighted by atomic mass is 9.92. The zero-order valence-corrected chi connectivity index (χ0v) is 18.6. The minimum absolute atomic E-state index is 0.0149. The second-order valence-corrected chi connectivity index (χ2v) is 9.09. The summed E-state index contributed by atoms with van der Waals surface area (Å²) in [5.41, 5.74) is 2.50. The summed E-state index contributed by atoms with van der Waals surface area (Å²) in [6.07, 6.45) is 1.82. The SMILES string of the molecule is Cc1nc2ccccn2c1C(=O)Nc1ccc2c(c1)N(CC(C)C)C(=O)C(C)(C)CO2. The molecule has 7 nitrogen and oxygen atoms in total. The number of pyridine rings is 1. The highest BCUT2D eigenvalue weighted by Crippen LogP contribution is 2.38. The van der Waals surface area contributed by atoms with Crippen LogP contribution in [0.3, 0.4) is 0 Å². The van der Waals surface area contributed by atoms with Gasteiger partial charge in [0.1, 0.15) is 23.7 Å². The van der Waals surface area contributed by atoms with E-state index in [0.717, 1.165) is 5.65 Å². The minimum atomic E-state index is -0.634. The van der Waals surface area contributed by atoms with Crippen LogP contribution in [0.2, 0.25) is 0 Å². The summed E-state index contributed by atoms with van der Waals surface area (Å²) in [6.45, 7) is 10.6. The quantitative estimate of drug-likeness (QED) is 0.683. The Hall–Kier alpha value is -3.35. The minimum Gasteiger partial charge on any atom is -0.490 e. The highest BCUT2D eigenvalue weighted by molar-refractivity contribution is 6.05. The van der Waals surface area contributed by atoms with Crippen molar-refractivity contribution in [3.05, 3.63) is 54.0 Å². The monoisotopic (exact) mass is 420 g/mol. The Balaban J connectivity index is 1.69. The van der Waals surface area contributed by atoms with Crippen LogP contribution in [0.1, 0.15) is 43.9 Å². The van der Waals surface area contributed by atoms with Crippen molar-refractivity contribution >= 4 is 28.8 Å². The molecule has 2 aromatic heterocycles. The number of aromatic nitrogens is 2. The fourth-order valence-electron chi connectivity index (χ4n) is 3.85. The molecule has 0 aliphatic carbocycles. The maximum atomic E-state index is 13.2. The Morgan fingerprint density at radius 2 is 2.03 bits per heavy atom. The van der Waals surface area contributed by atoms with Gasteiger partial charge in [0.05, 0.1) is 16.8 Å². The number of imidazole rings is 1. The number of ether oxygens (including phenoxy) is 1. The second kappa shape index (κ2) is 7.72. The van der Waals surface area contributed by atoms with E-state index in [9.17, 15) is 9.59 Å². The molecule has 0 unspecified atom stereocenters. The van der Waals surface area contributed by atoms with Crippen molar-refractivity contribution in [2.45, 2.75) is 34.6 Å². The van der Waals surface area contributed by atoms with E-state index in [1.165, 1.54) is 0 Å². The lowest BCUT2D eigenvalue weighted by Gasteiger charge is -2.29. The zero-order chi connectivity index (χ0) is 22.3. The van der Waals surface area contributed by atoms with Gasteiger partial charge in [0, 0.05) is 18.4 Å². The number of carbonyl (C=O) groups excluding carboxylic acids is 2. The average molecular weight is 421 g/mol. The molecule has 1 aromatic carbocycles. The van der Waals surface area contributed by atoms with E-state index in [-0.39, 0.29) is 17.7 Å². The van der Waals surface area contributed by atoms with E-state index in [1.54, 1.807) is 15.4 Å². The van der Waals surface area contributed by atoms with Crippen molar-refractivity contribution in [1.82, 2.24) is 9.38 Å². The van der Waals surface area contributed by atoms with Gasteiger partial charge in [-0.25, -0.2) is 4.98 Å². The molecule has 0 bridgehead atoms. The molecule has 2 amide bonds. The van der Waals surface area contributed by atoms with Crippen molar-refractivity contribution < 1.29 is 14.3 Å². The van der Waals surface area contributed by atoms with Gasteiger partial charge >= 0.3 is 0 Å². The van der Waals surface area contributed by atoms with Crippen molar-refractivity contribution in [2.75, 3.05) is 23.4 Å². The van der Waals surface area contributed by atoms with Gasteiger partial charge in [-0.15, -0.1) is 0 Å². The summed E-state index contributed by atoms with van der Waals surface area (Å²) in [5, 5.41) is 2.96. The molecule has 4 rings (SSSR count). The first-order valence-corrected chi connectivity index (χ1v) is 10.5. The number of aryl methyl sites for hydroxylation is 1. The molecule has 3 aromatic rings. The van der Waals surface area contributed by atoms with Crippen LogP contribution < -0.4 is 15.0 Å². The molecule has 1 N–H and O–H groups in total. The first kappa shape index (κ1) is 20.9. The number of rotatable bonds is 4.